The highest BCUT2D eigenvalue weighted by molar-refractivity contribution is 7.18. The molecule has 0 saturated carbocycles. The molecule has 4 atom stereocenters. The number of nitrogens with one attached hydrogen (secondary N) is 4. The van der Waals surface area contributed by atoms with E-state index in [4.69, 9.17) is 14.7 Å². The second-order valence-corrected chi connectivity index (χ2v) is 23.3. The van der Waals surface area contributed by atoms with E-state index in [1.54, 1.807) is 16.2 Å². The van der Waals surface area contributed by atoms with Crippen LogP contribution in [0.4, 0.5) is 13.6 Å². The number of hydrogen-bond donors (Lipinski definition) is 5. The molecule has 2 saturated heterocycles. The number of aliphatic hydroxyl groups is 1. The summed E-state index contributed by atoms with van der Waals surface area (Å²) in [5.41, 5.74) is 3.33. The van der Waals surface area contributed by atoms with Crippen molar-refractivity contribution in [1.82, 2.24) is 40.4 Å². The fourth-order valence-corrected chi connectivity index (χ4v) is 12.2. The summed E-state index contributed by atoms with van der Waals surface area (Å²) in [6.45, 7) is 11.2. The van der Waals surface area contributed by atoms with Gasteiger partial charge < -0.3 is 35.3 Å². The summed E-state index contributed by atoms with van der Waals surface area (Å²) in [6.07, 6.45) is 1.45. The number of hydrogen-bond acceptors (Lipinski definition) is 9. The number of aliphatic hydroxyl groups excluding tert-OH is 1. The first-order chi connectivity index (χ1) is 27.5. The van der Waals surface area contributed by atoms with E-state index < -0.39 is 63.7 Å². The molecule has 0 aliphatic carbocycles. The molecular weight excluding hydrogens is 783 g/mol. The van der Waals surface area contributed by atoms with Crippen molar-refractivity contribution in [2.45, 2.75) is 83.3 Å². The molecule has 3 amide bonds. The highest BCUT2D eigenvalue weighted by Crippen LogP contribution is 2.43. The second kappa shape index (κ2) is 16.1. The van der Waals surface area contributed by atoms with Crippen LogP contribution in [0.2, 0.25) is 19.1 Å². The standard InChI is InChI=1S/C41H52F2N8O5SSi/c1-22(2)29(45-34(53)18-52)17-50-20-41(42,43)15-30(50)38-46-27-11-9-24-14-25(8-10-26(24)36(27)48-38)32-12-13-33(57-32)28-16-44-37(47-28)31-19-58(6,7)21-51(31)39(54)35(23(3)4)49-40(55)56-5/h8-14,16,22-23,29-31,35,52H,15,17-21H2,1-7H3,(H,44,47)(H,45,53)(H,46,48)(H,49,55)/t29-,30+,31+,35+/m1/s1. The van der Waals surface area contributed by atoms with Crippen molar-refractivity contribution in [1.29, 1.82) is 0 Å². The van der Waals surface area contributed by atoms with Gasteiger partial charge in [0.25, 0.3) is 5.92 Å². The average molecular weight is 835 g/mol. The lowest BCUT2D eigenvalue weighted by Crippen LogP contribution is -2.52. The van der Waals surface area contributed by atoms with Crippen molar-refractivity contribution in [2.75, 3.05) is 33.0 Å². The van der Waals surface area contributed by atoms with Crippen molar-refractivity contribution in [3.05, 3.63) is 60.3 Å². The number of thiophene rings is 1. The van der Waals surface area contributed by atoms with Gasteiger partial charge in [-0.1, -0.05) is 59.0 Å². The minimum Gasteiger partial charge on any atom is -0.453 e. The van der Waals surface area contributed by atoms with E-state index in [0.29, 0.717) is 17.5 Å². The van der Waals surface area contributed by atoms with Gasteiger partial charge in [-0.2, -0.15) is 0 Å². The summed E-state index contributed by atoms with van der Waals surface area (Å²) in [6, 6.07) is 13.0. The lowest BCUT2D eigenvalue weighted by Gasteiger charge is -2.30. The number of likely N-dealkylation sites (tertiary alicyclic amines) is 1. The van der Waals surface area contributed by atoms with E-state index in [-0.39, 0.29) is 30.3 Å². The average Bonchev–Trinajstić information content (AvgIpc) is 4.02. The Labute approximate surface area is 341 Å². The molecule has 5 N–H and O–H groups in total. The lowest BCUT2D eigenvalue weighted by atomic mass is 10.0. The van der Waals surface area contributed by atoms with Gasteiger partial charge in [-0.25, -0.2) is 23.5 Å². The minimum atomic E-state index is -2.92. The zero-order valence-corrected chi connectivity index (χ0v) is 35.7. The van der Waals surface area contributed by atoms with E-state index in [2.05, 4.69) is 51.9 Å². The van der Waals surface area contributed by atoms with Crippen LogP contribution >= 0.6 is 11.3 Å². The van der Waals surface area contributed by atoms with Crippen LogP contribution < -0.4 is 10.6 Å². The molecule has 2 aromatic carbocycles. The smallest absolute Gasteiger partial charge is 0.407 e. The molecule has 0 spiro atoms. The number of aromatic nitrogens is 4. The number of carbonyl (C=O) groups is 3. The maximum absolute atomic E-state index is 14.9. The minimum absolute atomic E-state index is 0.0356. The van der Waals surface area contributed by atoms with E-state index >= 15 is 0 Å². The summed E-state index contributed by atoms with van der Waals surface area (Å²) in [7, 11) is -0.487. The Balaban J connectivity index is 1.11. The van der Waals surface area contributed by atoms with Crippen LogP contribution in [0.3, 0.4) is 0 Å². The summed E-state index contributed by atoms with van der Waals surface area (Å²) < 4.78 is 34.7. The lowest BCUT2D eigenvalue weighted by molar-refractivity contribution is -0.135. The van der Waals surface area contributed by atoms with Crippen molar-refractivity contribution in [2.24, 2.45) is 11.8 Å². The van der Waals surface area contributed by atoms with Gasteiger partial charge in [0.05, 0.1) is 61.6 Å². The van der Waals surface area contributed by atoms with Gasteiger partial charge >= 0.3 is 6.09 Å². The molecule has 3 aromatic heterocycles. The number of fused-ring (bicyclic) bond motifs is 3. The Morgan fingerprint density at radius 3 is 2.48 bits per heavy atom. The van der Waals surface area contributed by atoms with E-state index in [1.165, 1.54) is 7.11 Å². The topological polar surface area (TPSA) is 169 Å². The van der Waals surface area contributed by atoms with Gasteiger partial charge in [0, 0.05) is 35.4 Å². The maximum Gasteiger partial charge on any atom is 0.407 e. The van der Waals surface area contributed by atoms with Gasteiger partial charge in [-0.15, -0.1) is 11.3 Å². The van der Waals surface area contributed by atoms with Crippen LogP contribution in [0, 0.1) is 11.8 Å². The fraction of sp³-hybridized carbons (Fsp3) is 0.488. The van der Waals surface area contributed by atoms with Gasteiger partial charge in [0.1, 0.15) is 24.3 Å². The molecule has 0 bridgehead atoms. The largest absolute Gasteiger partial charge is 0.453 e. The molecule has 58 heavy (non-hydrogen) atoms. The number of halogens is 2. The summed E-state index contributed by atoms with van der Waals surface area (Å²) in [4.78, 5) is 60.0. The Morgan fingerprint density at radius 2 is 1.78 bits per heavy atom. The first-order valence-electron chi connectivity index (χ1n) is 19.7. The number of ether oxygens (including phenoxy) is 1. The Hall–Kier alpha value is -4.71. The summed E-state index contributed by atoms with van der Waals surface area (Å²) in [5, 5.41) is 16.7. The molecular formula is C41H52F2N8O5SSi. The van der Waals surface area contributed by atoms with Crippen molar-refractivity contribution in [3.63, 3.8) is 0 Å². The number of benzene rings is 2. The molecule has 2 fully saturated rings. The number of nitrogens with zero attached hydrogens (tertiary/aromatic N) is 4. The third-order valence-electron chi connectivity index (χ3n) is 11.4. The Morgan fingerprint density at radius 1 is 1.02 bits per heavy atom. The number of H-pyrrole nitrogens is 2. The maximum atomic E-state index is 14.9. The molecule has 0 radical (unpaired) electrons. The highest BCUT2D eigenvalue weighted by Gasteiger charge is 2.48. The quantitative estimate of drug-likeness (QED) is 0.0850. The number of methoxy groups -OCH3 is 1. The summed E-state index contributed by atoms with van der Waals surface area (Å²) >= 11 is 1.62. The zero-order chi connectivity index (χ0) is 41.7. The van der Waals surface area contributed by atoms with Crippen molar-refractivity contribution in [3.8, 4) is 21.0 Å². The third kappa shape index (κ3) is 8.53. The van der Waals surface area contributed by atoms with Crippen molar-refractivity contribution >= 4 is 59.1 Å². The molecule has 13 nitrogen and oxygen atoms in total. The van der Waals surface area contributed by atoms with E-state index in [1.807, 2.05) is 63.1 Å². The van der Waals surface area contributed by atoms with Crippen LogP contribution in [-0.4, -0.2) is 112 Å². The highest BCUT2D eigenvalue weighted by atomic mass is 32.1. The molecule has 5 aromatic rings. The van der Waals surface area contributed by atoms with Gasteiger partial charge in [-0.3, -0.25) is 14.5 Å². The first-order valence-corrected chi connectivity index (χ1v) is 23.9. The Kier molecular flexibility index (Phi) is 11.5. The number of alkyl halides is 2. The molecule has 310 valence electrons. The SMILES string of the molecule is COC(=O)N[C@H](C(=O)N1C[Si](C)(C)C[C@H]1c1ncc(-c2ccc(-c3ccc4c(ccc5nc([C@@H]6CC(F)(F)CN6C[C@@H](NC(=O)CO)C(C)C)[nH]c54)c3)s2)[nH]1)C(C)C. The fourth-order valence-electron chi connectivity index (χ4n) is 8.31. The molecule has 7 rings (SSSR count). The number of amides is 3. The number of imidazole rings is 2. The van der Waals surface area contributed by atoms with Gasteiger partial charge in [-0.05, 0) is 53.1 Å². The molecule has 2 aliphatic heterocycles. The van der Waals surface area contributed by atoms with Crippen LogP contribution in [0.15, 0.2) is 48.7 Å². The third-order valence-corrected chi connectivity index (χ3v) is 15.2. The number of alkyl carbamates (subject to hydrolysis) is 1. The second-order valence-electron chi connectivity index (χ2n) is 17.2. The predicted molar refractivity (Wildman–Crippen MR) is 223 cm³/mol. The van der Waals surface area contributed by atoms with E-state index in [0.717, 1.165) is 49.2 Å². The van der Waals surface area contributed by atoms with Crippen LogP contribution in [-0.2, 0) is 14.3 Å². The van der Waals surface area contributed by atoms with Crippen LogP contribution in [0.5, 0.6) is 0 Å². The molecule has 0 unspecified atom stereocenters. The van der Waals surface area contributed by atoms with E-state index in [9.17, 15) is 28.3 Å². The number of aromatic amines is 2. The van der Waals surface area contributed by atoms with Gasteiger partial charge in [0.15, 0.2) is 0 Å². The number of rotatable bonds is 12. The van der Waals surface area contributed by atoms with Crippen LogP contribution in [0.25, 0.3) is 42.8 Å². The first kappa shape index (κ1) is 41.4. The molecule has 2 aliphatic rings. The Bertz CT molecular complexity index is 2320. The predicted octanol–water partition coefficient (Wildman–Crippen LogP) is 6.86. The van der Waals surface area contributed by atoms with Crippen molar-refractivity contribution < 1.29 is 33.0 Å². The molecule has 17 heteroatoms. The zero-order valence-electron chi connectivity index (χ0n) is 33.9. The monoisotopic (exact) mass is 834 g/mol. The normalized spacial score (nSPS) is 20.3. The molecule has 5 heterocycles. The summed E-state index contributed by atoms with van der Waals surface area (Å²) in [5.74, 6) is -2.58. The van der Waals surface area contributed by atoms with Crippen LogP contribution in [0.1, 0.15) is 57.8 Å². The number of carbonyl (C=O) groups excluding carboxylic acids is 3. The van der Waals surface area contributed by atoms with Gasteiger partial charge in [0.2, 0.25) is 11.8 Å².